The molecule has 3 nitrogen and oxygen atoms in total. The summed E-state index contributed by atoms with van der Waals surface area (Å²) in [6, 6.07) is 8.71. The standard InChI is InChI=1S/C16H26N2O/c1-3-6-13(2)19-16-9-4-8-15(11-16)18-10-5-7-14(17)12-18/h4,8-9,11,13-14H,3,5-7,10,12,17H2,1-2H3. The molecule has 0 aromatic heterocycles. The molecule has 0 radical (unpaired) electrons. The van der Waals surface area contributed by atoms with Crippen molar-refractivity contribution in [2.45, 2.75) is 51.7 Å². The highest BCUT2D eigenvalue weighted by Gasteiger charge is 2.17. The molecule has 1 aliphatic heterocycles. The van der Waals surface area contributed by atoms with Crippen LogP contribution in [0, 0.1) is 0 Å². The van der Waals surface area contributed by atoms with Gasteiger partial charge in [-0.1, -0.05) is 19.4 Å². The number of hydrogen-bond acceptors (Lipinski definition) is 3. The van der Waals surface area contributed by atoms with Gasteiger partial charge < -0.3 is 15.4 Å². The predicted octanol–water partition coefficient (Wildman–Crippen LogP) is 3.18. The predicted molar refractivity (Wildman–Crippen MR) is 80.9 cm³/mol. The van der Waals surface area contributed by atoms with E-state index in [-0.39, 0.29) is 6.10 Å². The summed E-state index contributed by atoms with van der Waals surface area (Å²) in [6.45, 7) is 6.37. The van der Waals surface area contributed by atoms with Crippen LogP contribution in [0.2, 0.25) is 0 Å². The molecule has 1 heterocycles. The van der Waals surface area contributed by atoms with Crippen molar-refractivity contribution in [3.8, 4) is 5.75 Å². The first kappa shape index (κ1) is 14.2. The van der Waals surface area contributed by atoms with Crippen LogP contribution in [0.15, 0.2) is 24.3 Å². The lowest BCUT2D eigenvalue weighted by Crippen LogP contribution is -2.42. The molecule has 3 heteroatoms. The van der Waals surface area contributed by atoms with Crippen LogP contribution >= 0.6 is 0 Å². The molecular formula is C16H26N2O. The van der Waals surface area contributed by atoms with Crippen molar-refractivity contribution in [3.63, 3.8) is 0 Å². The molecule has 2 rings (SSSR count). The minimum atomic E-state index is 0.281. The van der Waals surface area contributed by atoms with Crippen molar-refractivity contribution in [2.24, 2.45) is 5.73 Å². The van der Waals surface area contributed by atoms with E-state index in [1.165, 1.54) is 12.1 Å². The largest absolute Gasteiger partial charge is 0.491 e. The van der Waals surface area contributed by atoms with Gasteiger partial charge in [0.25, 0.3) is 0 Å². The zero-order valence-electron chi connectivity index (χ0n) is 12.1. The molecule has 2 unspecified atom stereocenters. The molecule has 0 bridgehead atoms. The van der Waals surface area contributed by atoms with Crippen LogP contribution < -0.4 is 15.4 Å². The van der Waals surface area contributed by atoms with Gasteiger partial charge in [-0.25, -0.2) is 0 Å². The zero-order valence-corrected chi connectivity index (χ0v) is 12.1. The molecule has 0 saturated carbocycles. The molecule has 1 fully saturated rings. The van der Waals surface area contributed by atoms with Crippen molar-refractivity contribution in [3.05, 3.63) is 24.3 Å². The Labute approximate surface area is 116 Å². The molecule has 1 aromatic rings. The fourth-order valence-electron chi connectivity index (χ4n) is 2.70. The molecule has 2 N–H and O–H groups in total. The van der Waals surface area contributed by atoms with Gasteiger partial charge in [0.05, 0.1) is 6.10 Å². The maximum absolute atomic E-state index is 6.05. The topological polar surface area (TPSA) is 38.5 Å². The average Bonchev–Trinajstić information content (AvgIpc) is 2.39. The van der Waals surface area contributed by atoms with Crippen molar-refractivity contribution >= 4 is 5.69 Å². The Kier molecular flexibility index (Phi) is 5.08. The van der Waals surface area contributed by atoms with Gasteiger partial charge >= 0.3 is 0 Å². The minimum absolute atomic E-state index is 0.281. The Morgan fingerprint density at radius 1 is 1.47 bits per heavy atom. The van der Waals surface area contributed by atoms with Crippen molar-refractivity contribution < 1.29 is 4.74 Å². The van der Waals surface area contributed by atoms with Crippen LogP contribution in [0.25, 0.3) is 0 Å². The van der Waals surface area contributed by atoms with E-state index >= 15 is 0 Å². The summed E-state index contributed by atoms with van der Waals surface area (Å²) >= 11 is 0. The maximum atomic E-state index is 6.05. The third kappa shape index (κ3) is 4.13. The summed E-state index contributed by atoms with van der Waals surface area (Å²) in [6.07, 6.45) is 4.85. The van der Waals surface area contributed by atoms with E-state index in [0.29, 0.717) is 6.04 Å². The Hall–Kier alpha value is -1.22. The van der Waals surface area contributed by atoms with E-state index in [1.54, 1.807) is 0 Å². The Balaban J connectivity index is 2.02. The van der Waals surface area contributed by atoms with Gasteiger partial charge in [-0.15, -0.1) is 0 Å². The minimum Gasteiger partial charge on any atom is -0.491 e. The monoisotopic (exact) mass is 262 g/mol. The number of anilines is 1. The first-order valence-electron chi connectivity index (χ1n) is 7.46. The number of piperidine rings is 1. The van der Waals surface area contributed by atoms with Gasteiger partial charge in [0, 0.05) is 30.9 Å². The van der Waals surface area contributed by atoms with E-state index in [1.807, 2.05) is 6.07 Å². The molecule has 19 heavy (non-hydrogen) atoms. The second kappa shape index (κ2) is 6.80. The first-order valence-corrected chi connectivity index (χ1v) is 7.46. The van der Waals surface area contributed by atoms with Gasteiger partial charge in [0.2, 0.25) is 0 Å². The number of ether oxygens (including phenoxy) is 1. The van der Waals surface area contributed by atoms with Gasteiger partial charge in [-0.05, 0) is 38.3 Å². The number of benzene rings is 1. The second-order valence-corrected chi connectivity index (χ2v) is 5.56. The number of rotatable bonds is 5. The maximum Gasteiger partial charge on any atom is 0.121 e. The smallest absolute Gasteiger partial charge is 0.121 e. The lowest BCUT2D eigenvalue weighted by Gasteiger charge is -2.32. The summed E-state index contributed by atoms with van der Waals surface area (Å²) < 4.78 is 5.96. The first-order chi connectivity index (χ1) is 9.19. The van der Waals surface area contributed by atoms with E-state index in [9.17, 15) is 0 Å². The van der Waals surface area contributed by atoms with Gasteiger partial charge in [-0.2, -0.15) is 0 Å². The Morgan fingerprint density at radius 2 is 2.32 bits per heavy atom. The lowest BCUT2D eigenvalue weighted by atomic mass is 10.1. The van der Waals surface area contributed by atoms with Crippen LogP contribution in [-0.4, -0.2) is 25.2 Å². The summed E-state index contributed by atoms with van der Waals surface area (Å²) in [4.78, 5) is 2.37. The van der Waals surface area contributed by atoms with Crippen LogP contribution in [0.4, 0.5) is 5.69 Å². The highest BCUT2D eigenvalue weighted by Crippen LogP contribution is 2.25. The fraction of sp³-hybridized carbons (Fsp3) is 0.625. The SMILES string of the molecule is CCCC(C)Oc1cccc(N2CCCC(N)C2)c1. The van der Waals surface area contributed by atoms with Crippen LogP contribution in [0.3, 0.4) is 0 Å². The van der Waals surface area contributed by atoms with Crippen molar-refractivity contribution in [2.75, 3.05) is 18.0 Å². The molecule has 0 aliphatic carbocycles. The van der Waals surface area contributed by atoms with Gasteiger partial charge in [-0.3, -0.25) is 0 Å². The molecule has 2 atom stereocenters. The molecule has 1 aromatic carbocycles. The van der Waals surface area contributed by atoms with E-state index in [4.69, 9.17) is 10.5 Å². The number of hydrogen-bond donors (Lipinski definition) is 1. The molecule has 106 valence electrons. The zero-order chi connectivity index (χ0) is 13.7. The summed E-state index contributed by atoms with van der Waals surface area (Å²) in [5.41, 5.74) is 7.28. The number of nitrogens with zero attached hydrogens (tertiary/aromatic N) is 1. The normalized spacial score (nSPS) is 21.2. The van der Waals surface area contributed by atoms with Gasteiger partial charge in [0.1, 0.15) is 5.75 Å². The van der Waals surface area contributed by atoms with Crippen molar-refractivity contribution in [1.29, 1.82) is 0 Å². The highest BCUT2D eigenvalue weighted by molar-refractivity contribution is 5.51. The summed E-state index contributed by atoms with van der Waals surface area (Å²) in [5.74, 6) is 0.970. The third-order valence-electron chi connectivity index (χ3n) is 3.67. The molecule has 1 aliphatic rings. The summed E-state index contributed by atoms with van der Waals surface area (Å²) in [5, 5.41) is 0. The Bertz CT molecular complexity index is 394. The fourth-order valence-corrected chi connectivity index (χ4v) is 2.70. The second-order valence-electron chi connectivity index (χ2n) is 5.56. The average molecular weight is 262 g/mol. The van der Waals surface area contributed by atoms with Crippen molar-refractivity contribution in [1.82, 2.24) is 0 Å². The van der Waals surface area contributed by atoms with Crippen LogP contribution in [-0.2, 0) is 0 Å². The van der Waals surface area contributed by atoms with E-state index < -0.39 is 0 Å². The van der Waals surface area contributed by atoms with E-state index in [2.05, 4.69) is 36.9 Å². The quantitative estimate of drug-likeness (QED) is 0.885. The van der Waals surface area contributed by atoms with Gasteiger partial charge in [0.15, 0.2) is 0 Å². The van der Waals surface area contributed by atoms with Crippen LogP contribution in [0.5, 0.6) is 5.75 Å². The third-order valence-corrected chi connectivity index (χ3v) is 3.67. The highest BCUT2D eigenvalue weighted by atomic mass is 16.5. The number of nitrogens with two attached hydrogens (primary N) is 1. The molecule has 1 saturated heterocycles. The molecular weight excluding hydrogens is 236 g/mol. The Morgan fingerprint density at radius 3 is 3.05 bits per heavy atom. The summed E-state index contributed by atoms with van der Waals surface area (Å²) in [7, 11) is 0. The lowest BCUT2D eigenvalue weighted by molar-refractivity contribution is 0.210. The van der Waals surface area contributed by atoms with Crippen LogP contribution in [0.1, 0.15) is 39.5 Å². The molecule has 0 spiro atoms. The molecule has 0 amide bonds. The van der Waals surface area contributed by atoms with E-state index in [0.717, 1.165) is 38.1 Å².